The SMILES string of the molecule is CC[C@@H](CCCCNSc1ccc(C)cc1)N1C2=CCCC=C2C2C=CC=CC21. The van der Waals surface area contributed by atoms with Gasteiger partial charge in [-0.1, -0.05) is 67.5 Å². The van der Waals surface area contributed by atoms with Crippen molar-refractivity contribution < 1.29 is 0 Å². The van der Waals surface area contributed by atoms with E-state index in [9.17, 15) is 0 Å². The van der Waals surface area contributed by atoms with Gasteiger partial charge in [-0.2, -0.15) is 0 Å². The molecule has 1 aromatic rings. The van der Waals surface area contributed by atoms with Crippen LogP contribution in [0, 0.1) is 12.8 Å². The van der Waals surface area contributed by atoms with E-state index in [2.05, 4.69) is 84.2 Å². The van der Waals surface area contributed by atoms with Crippen molar-refractivity contribution >= 4 is 11.9 Å². The number of fused-ring (bicyclic) bond motifs is 3. The molecule has 3 aliphatic rings. The molecule has 1 saturated heterocycles. The predicted molar refractivity (Wildman–Crippen MR) is 126 cm³/mol. The molecule has 0 spiro atoms. The highest BCUT2D eigenvalue weighted by Gasteiger charge is 2.41. The Morgan fingerprint density at radius 2 is 1.86 bits per heavy atom. The molecule has 1 aromatic carbocycles. The molecule has 0 radical (unpaired) electrons. The summed E-state index contributed by atoms with van der Waals surface area (Å²) in [6.07, 6.45) is 21.7. The van der Waals surface area contributed by atoms with Crippen LogP contribution in [-0.2, 0) is 0 Å². The summed E-state index contributed by atoms with van der Waals surface area (Å²) in [4.78, 5) is 4.05. The van der Waals surface area contributed by atoms with Crippen LogP contribution in [0.25, 0.3) is 0 Å². The molecule has 1 N–H and O–H groups in total. The predicted octanol–water partition coefficient (Wildman–Crippen LogP) is 6.57. The highest BCUT2D eigenvalue weighted by molar-refractivity contribution is 7.97. The van der Waals surface area contributed by atoms with E-state index in [4.69, 9.17) is 0 Å². The van der Waals surface area contributed by atoms with Crippen molar-refractivity contribution in [1.29, 1.82) is 0 Å². The van der Waals surface area contributed by atoms with E-state index in [1.807, 2.05) is 0 Å². The first-order valence-electron chi connectivity index (χ1n) is 11.3. The van der Waals surface area contributed by atoms with Gasteiger partial charge in [0.1, 0.15) is 0 Å². The highest BCUT2D eigenvalue weighted by Crippen LogP contribution is 2.45. The molecule has 0 saturated carbocycles. The second kappa shape index (κ2) is 9.86. The van der Waals surface area contributed by atoms with Gasteiger partial charge < -0.3 is 4.90 Å². The molecule has 1 aliphatic heterocycles. The van der Waals surface area contributed by atoms with Crippen LogP contribution < -0.4 is 4.72 Å². The van der Waals surface area contributed by atoms with Crippen LogP contribution in [-0.4, -0.2) is 23.5 Å². The monoisotopic (exact) mass is 406 g/mol. The second-order valence-corrected chi connectivity index (χ2v) is 9.35. The van der Waals surface area contributed by atoms with Crippen LogP contribution >= 0.6 is 11.9 Å². The number of allylic oxidation sites excluding steroid dienone is 5. The van der Waals surface area contributed by atoms with Crippen molar-refractivity contribution in [2.75, 3.05) is 6.54 Å². The number of likely N-dealkylation sites (tertiary alicyclic amines) is 1. The highest BCUT2D eigenvalue weighted by atomic mass is 32.2. The van der Waals surface area contributed by atoms with Gasteiger partial charge in [0.15, 0.2) is 0 Å². The van der Waals surface area contributed by atoms with Crippen LogP contribution in [0.2, 0.25) is 0 Å². The number of nitrogens with zero attached hydrogens (tertiary/aromatic N) is 1. The average Bonchev–Trinajstić information content (AvgIpc) is 3.09. The minimum atomic E-state index is 0.524. The Morgan fingerprint density at radius 1 is 1.07 bits per heavy atom. The lowest BCUT2D eigenvalue weighted by molar-refractivity contribution is 0.210. The summed E-state index contributed by atoms with van der Waals surface area (Å²) in [5.74, 6) is 0.563. The lowest BCUT2D eigenvalue weighted by Gasteiger charge is -2.36. The normalized spacial score (nSPS) is 23.4. The van der Waals surface area contributed by atoms with Gasteiger partial charge in [-0.05, 0) is 68.7 Å². The Kier molecular flexibility index (Phi) is 6.99. The van der Waals surface area contributed by atoms with E-state index in [0.717, 1.165) is 6.54 Å². The molecule has 4 rings (SSSR count). The minimum Gasteiger partial charge on any atom is -0.361 e. The maximum absolute atomic E-state index is 3.54. The average molecular weight is 407 g/mol. The Hall–Kier alpha value is -1.71. The minimum absolute atomic E-state index is 0.524. The van der Waals surface area contributed by atoms with E-state index in [1.165, 1.54) is 54.7 Å². The number of benzene rings is 1. The third-order valence-corrected chi connectivity index (χ3v) is 7.23. The molecule has 0 bridgehead atoms. The van der Waals surface area contributed by atoms with E-state index < -0.39 is 0 Å². The second-order valence-electron chi connectivity index (χ2n) is 8.39. The van der Waals surface area contributed by atoms with Gasteiger partial charge >= 0.3 is 0 Å². The van der Waals surface area contributed by atoms with E-state index in [0.29, 0.717) is 18.0 Å². The first-order valence-corrected chi connectivity index (χ1v) is 12.1. The quantitative estimate of drug-likeness (QED) is 0.369. The summed E-state index contributed by atoms with van der Waals surface area (Å²) < 4.78 is 3.54. The van der Waals surface area contributed by atoms with Gasteiger partial charge in [0.05, 0.1) is 6.04 Å². The standard InChI is InChI=1S/C26H34N2S/c1-3-21(10-8-9-19-27-29-22-17-15-20(2)16-18-22)28-25-13-6-4-11-23(25)24-12-5-7-14-26(24)28/h4,6,11-18,21,23,25,27H,3,5,7-10,19H2,1-2H3/t21-,23?,25?/m0/s1. The number of hydrogen-bond acceptors (Lipinski definition) is 3. The van der Waals surface area contributed by atoms with Crippen molar-refractivity contribution in [1.82, 2.24) is 9.62 Å². The van der Waals surface area contributed by atoms with Crippen molar-refractivity contribution in [2.45, 2.75) is 69.4 Å². The van der Waals surface area contributed by atoms with Crippen molar-refractivity contribution in [3.63, 3.8) is 0 Å². The van der Waals surface area contributed by atoms with Gasteiger partial charge in [-0.3, -0.25) is 4.72 Å². The topological polar surface area (TPSA) is 15.3 Å². The Bertz CT molecular complexity index is 803. The van der Waals surface area contributed by atoms with Crippen LogP contribution in [0.5, 0.6) is 0 Å². The Morgan fingerprint density at radius 3 is 2.69 bits per heavy atom. The van der Waals surface area contributed by atoms with Crippen LogP contribution in [0.4, 0.5) is 0 Å². The lowest BCUT2D eigenvalue weighted by atomic mass is 9.89. The van der Waals surface area contributed by atoms with Crippen molar-refractivity contribution in [3.8, 4) is 0 Å². The maximum atomic E-state index is 3.54. The Labute approximate surface area is 181 Å². The third kappa shape index (κ3) is 4.73. The molecular formula is C26H34N2S. The van der Waals surface area contributed by atoms with Crippen LogP contribution in [0.1, 0.15) is 51.0 Å². The van der Waals surface area contributed by atoms with E-state index in [1.54, 1.807) is 17.5 Å². The zero-order valence-corrected chi connectivity index (χ0v) is 18.6. The number of rotatable bonds is 9. The van der Waals surface area contributed by atoms with Crippen LogP contribution in [0.15, 0.2) is 76.9 Å². The molecule has 154 valence electrons. The summed E-state index contributed by atoms with van der Waals surface area (Å²) in [5.41, 5.74) is 4.43. The number of unbranched alkanes of at least 4 members (excludes halogenated alkanes) is 1. The first-order chi connectivity index (χ1) is 14.3. The van der Waals surface area contributed by atoms with Gasteiger partial charge in [-0.15, -0.1) is 0 Å². The summed E-state index contributed by atoms with van der Waals surface area (Å²) in [7, 11) is 0. The summed E-state index contributed by atoms with van der Waals surface area (Å²) in [6, 6.07) is 9.90. The maximum Gasteiger partial charge on any atom is 0.0583 e. The summed E-state index contributed by atoms with van der Waals surface area (Å²) in [6.45, 7) is 5.56. The fourth-order valence-corrected chi connectivity index (χ4v) is 5.54. The lowest BCUT2D eigenvalue weighted by Crippen LogP contribution is -2.39. The number of aryl methyl sites for hydroxylation is 1. The van der Waals surface area contributed by atoms with E-state index in [-0.39, 0.29) is 0 Å². The zero-order valence-electron chi connectivity index (χ0n) is 17.8. The molecule has 1 fully saturated rings. The molecule has 0 aromatic heterocycles. The first kappa shape index (κ1) is 20.6. The molecule has 29 heavy (non-hydrogen) atoms. The molecule has 2 aliphatic carbocycles. The summed E-state index contributed by atoms with van der Waals surface area (Å²) in [5, 5.41) is 0. The third-order valence-electron chi connectivity index (χ3n) is 6.37. The van der Waals surface area contributed by atoms with Crippen molar-refractivity contribution in [3.05, 3.63) is 77.6 Å². The number of hydrogen-bond donors (Lipinski definition) is 1. The molecular weight excluding hydrogens is 372 g/mol. The Balaban J connectivity index is 1.28. The summed E-state index contributed by atoms with van der Waals surface area (Å²) >= 11 is 1.76. The molecule has 0 amide bonds. The van der Waals surface area contributed by atoms with Gasteiger partial charge in [0, 0.05) is 29.1 Å². The number of nitrogens with one attached hydrogen (secondary N) is 1. The molecule has 1 heterocycles. The van der Waals surface area contributed by atoms with Gasteiger partial charge in [0.2, 0.25) is 0 Å². The van der Waals surface area contributed by atoms with E-state index >= 15 is 0 Å². The smallest absolute Gasteiger partial charge is 0.0583 e. The van der Waals surface area contributed by atoms with Gasteiger partial charge in [0.25, 0.3) is 0 Å². The molecule has 3 heteroatoms. The molecule has 3 atom stereocenters. The van der Waals surface area contributed by atoms with Gasteiger partial charge in [-0.25, -0.2) is 0 Å². The molecule has 2 nitrogen and oxygen atoms in total. The van der Waals surface area contributed by atoms with Crippen LogP contribution in [0.3, 0.4) is 0 Å². The fourth-order valence-electron chi connectivity index (χ4n) is 4.85. The fraction of sp³-hybridized carbons (Fsp3) is 0.462. The largest absolute Gasteiger partial charge is 0.361 e. The van der Waals surface area contributed by atoms with Crippen molar-refractivity contribution in [2.24, 2.45) is 5.92 Å². The molecule has 2 unspecified atom stereocenters. The zero-order chi connectivity index (χ0) is 20.1.